The van der Waals surface area contributed by atoms with E-state index in [1.807, 2.05) is 12.1 Å². The third kappa shape index (κ3) is 4.90. The second-order valence-electron chi connectivity index (χ2n) is 5.06. The molecule has 3 rings (SSSR count). The van der Waals surface area contributed by atoms with Gasteiger partial charge in [-0.15, -0.1) is 0 Å². The second kappa shape index (κ2) is 8.09. The first-order chi connectivity index (χ1) is 12.2. The quantitative estimate of drug-likeness (QED) is 0.698. The average molecular weight is 352 g/mol. The number of halogens is 1. The fourth-order valence-electron chi connectivity index (χ4n) is 2.05. The second-order valence-corrected chi connectivity index (χ2v) is 5.49. The van der Waals surface area contributed by atoms with Gasteiger partial charge in [-0.1, -0.05) is 29.5 Å². The zero-order chi connectivity index (χ0) is 17.5. The Morgan fingerprint density at radius 2 is 1.96 bits per heavy atom. The van der Waals surface area contributed by atoms with Gasteiger partial charge in [0.05, 0.1) is 6.26 Å². The van der Waals surface area contributed by atoms with Crippen LogP contribution in [0.4, 0.5) is 5.69 Å². The van der Waals surface area contributed by atoms with Gasteiger partial charge < -0.3 is 14.5 Å². The van der Waals surface area contributed by atoms with Gasteiger partial charge in [-0.25, -0.2) is 0 Å². The van der Waals surface area contributed by atoms with Gasteiger partial charge in [0, 0.05) is 22.3 Å². The van der Waals surface area contributed by atoms with Gasteiger partial charge in [-0.2, -0.15) is 0 Å². The van der Waals surface area contributed by atoms with Crippen molar-refractivity contribution < 1.29 is 13.9 Å². The van der Waals surface area contributed by atoms with Crippen molar-refractivity contribution in [3.63, 3.8) is 0 Å². The smallest absolute Gasteiger partial charge is 0.291 e. The first-order valence-corrected chi connectivity index (χ1v) is 7.91. The number of benzene rings is 2. The van der Waals surface area contributed by atoms with Crippen LogP contribution in [0.15, 0.2) is 71.3 Å². The molecule has 1 N–H and O–H groups in total. The molecule has 0 unspecified atom stereocenters. The van der Waals surface area contributed by atoms with E-state index in [4.69, 9.17) is 20.8 Å². The summed E-state index contributed by atoms with van der Waals surface area (Å²) in [6.45, 7) is 0.234. The van der Waals surface area contributed by atoms with Crippen molar-refractivity contribution in [1.82, 2.24) is 0 Å². The van der Waals surface area contributed by atoms with Crippen LogP contribution in [-0.4, -0.2) is 12.5 Å². The van der Waals surface area contributed by atoms with Gasteiger partial charge in [-0.05, 0) is 48.5 Å². The molecule has 0 atom stereocenters. The molecule has 124 valence electrons. The Morgan fingerprint density at radius 1 is 1.12 bits per heavy atom. The Bertz CT molecular complexity index is 906. The van der Waals surface area contributed by atoms with E-state index in [1.165, 1.54) is 6.26 Å². The predicted molar refractivity (Wildman–Crippen MR) is 96.9 cm³/mol. The molecule has 0 aliphatic heterocycles. The highest BCUT2D eigenvalue weighted by atomic mass is 35.5. The SMILES string of the molecule is O=C(Nc1cccc(OCC#Cc2ccc(Cl)cc2)c1)c1ccco1. The molecule has 1 amide bonds. The molecule has 0 fully saturated rings. The lowest BCUT2D eigenvalue weighted by atomic mass is 10.2. The highest BCUT2D eigenvalue weighted by Crippen LogP contribution is 2.18. The highest BCUT2D eigenvalue weighted by Gasteiger charge is 2.08. The predicted octanol–water partition coefficient (Wildman–Crippen LogP) is 4.62. The monoisotopic (exact) mass is 351 g/mol. The third-order valence-electron chi connectivity index (χ3n) is 3.22. The van der Waals surface area contributed by atoms with Crippen LogP contribution in [-0.2, 0) is 0 Å². The first kappa shape index (κ1) is 16.7. The molecule has 25 heavy (non-hydrogen) atoms. The van der Waals surface area contributed by atoms with Gasteiger partial charge in [-0.3, -0.25) is 4.79 Å². The zero-order valence-corrected chi connectivity index (χ0v) is 13.9. The van der Waals surface area contributed by atoms with Gasteiger partial charge in [0.2, 0.25) is 0 Å². The van der Waals surface area contributed by atoms with Crippen molar-refractivity contribution in [1.29, 1.82) is 0 Å². The van der Waals surface area contributed by atoms with Crippen molar-refractivity contribution >= 4 is 23.2 Å². The molecule has 0 saturated heterocycles. The Labute approximate surface area is 150 Å². The van der Waals surface area contributed by atoms with Crippen LogP contribution in [0.3, 0.4) is 0 Å². The van der Waals surface area contributed by atoms with Crippen LogP contribution in [0.1, 0.15) is 16.1 Å². The lowest BCUT2D eigenvalue weighted by Crippen LogP contribution is -2.10. The fraction of sp³-hybridized carbons (Fsp3) is 0.0500. The number of hydrogen-bond acceptors (Lipinski definition) is 3. The van der Waals surface area contributed by atoms with E-state index in [9.17, 15) is 4.79 Å². The molecule has 0 spiro atoms. The average Bonchev–Trinajstić information content (AvgIpc) is 3.15. The molecule has 0 aliphatic rings. The maximum absolute atomic E-state index is 12.0. The maximum Gasteiger partial charge on any atom is 0.291 e. The molecule has 4 nitrogen and oxygen atoms in total. The van der Waals surface area contributed by atoms with Crippen LogP contribution in [0.5, 0.6) is 5.75 Å². The standard InChI is InChI=1S/C20H14ClNO3/c21-16-10-8-15(9-11-16)4-2-12-24-18-6-1-5-17(14-18)22-20(23)19-7-3-13-25-19/h1,3,5-11,13-14H,12H2,(H,22,23). The summed E-state index contributed by atoms with van der Waals surface area (Å²) in [7, 11) is 0. The lowest BCUT2D eigenvalue weighted by molar-refractivity contribution is 0.0996. The molecule has 3 aromatic rings. The molecule has 5 heteroatoms. The molecular weight excluding hydrogens is 338 g/mol. The summed E-state index contributed by atoms with van der Waals surface area (Å²) in [6.07, 6.45) is 1.45. The molecule has 0 bridgehead atoms. The van der Waals surface area contributed by atoms with E-state index in [1.54, 1.807) is 48.5 Å². The van der Waals surface area contributed by atoms with E-state index in [-0.39, 0.29) is 18.3 Å². The molecule has 0 saturated carbocycles. The Hall–Kier alpha value is -3.16. The first-order valence-electron chi connectivity index (χ1n) is 7.53. The Balaban J connectivity index is 1.57. The van der Waals surface area contributed by atoms with Crippen molar-refractivity contribution in [2.75, 3.05) is 11.9 Å². The summed E-state index contributed by atoms with van der Waals surface area (Å²) >= 11 is 5.83. The summed E-state index contributed by atoms with van der Waals surface area (Å²) in [4.78, 5) is 12.0. The summed E-state index contributed by atoms with van der Waals surface area (Å²) < 4.78 is 10.6. The van der Waals surface area contributed by atoms with Gasteiger partial charge in [0.15, 0.2) is 5.76 Å². The molecule has 0 radical (unpaired) electrons. The number of rotatable bonds is 4. The number of amides is 1. The van der Waals surface area contributed by atoms with Crippen LogP contribution >= 0.6 is 11.6 Å². The summed E-state index contributed by atoms with van der Waals surface area (Å²) in [5, 5.41) is 3.42. The number of hydrogen-bond donors (Lipinski definition) is 1. The zero-order valence-electron chi connectivity index (χ0n) is 13.2. The van der Waals surface area contributed by atoms with Gasteiger partial charge in [0.1, 0.15) is 12.4 Å². The Morgan fingerprint density at radius 3 is 2.72 bits per heavy atom. The van der Waals surface area contributed by atoms with Crippen molar-refractivity contribution in [2.45, 2.75) is 0 Å². The summed E-state index contributed by atoms with van der Waals surface area (Å²) in [5.41, 5.74) is 1.48. The van der Waals surface area contributed by atoms with Crippen molar-refractivity contribution in [3.8, 4) is 17.6 Å². The normalized spacial score (nSPS) is 9.80. The van der Waals surface area contributed by atoms with Crippen LogP contribution in [0.2, 0.25) is 5.02 Å². The van der Waals surface area contributed by atoms with Crippen LogP contribution < -0.4 is 10.1 Å². The van der Waals surface area contributed by atoms with E-state index >= 15 is 0 Å². The van der Waals surface area contributed by atoms with Crippen LogP contribution in [0, 0.1) is 11.8 Å². The maximum atomic E-state index is 12.0. The number of anilines is 1. The topological polar surface area (TPSA) is 51.5 Å². The molecule has 0 aliphatic carbocycles. The van der Waals surface area contributed by atoms with E-state index in [0.717, 1.165) is 5.56 Å². The molecular formula is C20H14ClNO3. The number of carbonyl (C=O) groups excluding carboxylic acids is 1. The number of carbonyl (C=O) groups is 1. The molecule has 1 heterocycles. The van der Waals surface area contributed by atoms with Crippen molar-refractivity contribution in [2.24, 2.45) is 0 Å². The number of nitrogens with one attached hydrogen (secondary N) is 1. The van der Waals surface area contributed by atoms with Crippen molar-refractivity contribution in [3.05, 3.63) is 83.3 Å². The molecule has 1 aromatic heterocycles. The van der Waals surface area contributed by atoms with Gasteiger partial charge in [0.25, 0.3) is 5.91 Å². The fourth-order valence-corrected chi connectivity index (χ4v) is 2.18. The van der Waals surface area contributed by atoms with E-state index < -0.39 is 0 Å². The number of ether oxygens (including phenoxy) is 1. The lowest BCUT2D eigenvalue weighted by Gasteiger charge is -2.06. The minimum absolute atomic E-state index is 0.234. The summed E-state index contributed by atoms with van der Waals surface area (Å²) in [5.74, 6) is 6.47. The minimum atomic E-state index is -0.315. The minimum Gasteiger partial charge on any atom is -0.481 e. The van der Waals surface area contributed by atoms with Crippen LogP contribution in [0.25, 0.3) is 0 Å². The van der Waals surface area contributed by atoms with E-state index in [0.29, 0.717) is 16.5 Å². The third-order valence-corrected chi connectivity index (χ3v) is 3.48. The van der Waals surface area contributed by atoms with Gasteiger partial charge >= 0.3 is 0 Å². The Kier molecular flexibility index (Phi) is 5.40. The van der Waals surface area contributed by atoms with E-state index in [2.05, 4.69) is 17.2 Å². The highest BCUT2D eigenvalue weighted by molar-refractivity contribution is 6.30. The summed E-state index contributed by atoms with van der Waals surface area (Å²) in [6, 6.07) is 17.6. The molecule has 2 aromatic carbocycles. The largest absolute Gasteiger partial charge is 0.481 e. The number of furan rings is 1.